The monoisotopic (exact) mass is 353 g/mol. The number of aryl methyl sites for hydroxylation is 2. The van der Waals surface area contributed by atoms with Gasteiger partial charge in [-0.15, -0.1) is 0 Å². The number of hydrogen-bond acceptors (Lipinski definition) is 1. The summed E-state index contributed by atoms with van der Waals surface area (Å²) in [5, 5.41) is 5.23. The molecule has 2 aromatic rings. The van der Waals surface area contributed by atoms with Crippen LogP contribution in [0.3, 0.4) is 0 Å². The van der Waals surface area contributed by atoms with Crippen LogP contribution in [-0.2, 0) is 4.79 Å². The Morgan fingerprint density at radius 2 is 1.46 bits per heavy atom. The van der Waals surface area contributed by atoms with E-state index in [1.54, 1.807) is 0 Å². The van der Waals surface area contributed by atoms with Crippen molar-refractivity contribution in [1.82, 2.24) is 0 Å². The fraction of sp³-hybridized carbons (Fsp3) is 0.435. The number of carbonyl (C=O) groups is 1. The van der Waals surface area contributed by atoms with Gasteiger partial charge in [-0.3, -0.25) is 4.79 Å². The van der Waals surface area contributed by atoms with Crippen LogP contribution >= 0.6 is 0 Å². The molecular weight excluding hydrogens is 320 g/mol. The number of nitrogens with one attached hydrogen (secondary N) is 1. The van der Waals surface area contributed by atoms with Crippen molar-refractivity contribution in [2.75, 3.05) is 11.9 Å². The van der Waals surface area contributed by atoms with Crippen molar-refractivity contribution in [2.24, 2.45) is 5.92 Å². The van der Waals surface area contributed by atoms with Crippen LogP contribution in [0.1, 0.15) is 61.9 Å². The number of para-hydroxylation sites is 1. The van der Waals surface area contributed by atoms with Crippen molar-refractivity contribution < 1.29 is 10.1 Å². The first-order chi connectivity index (χ1) is 12.3. The van der Waals surface area contributed by atoms with Crippen LogP contribution in [-0.4, -0.2) is 12.5 Å². The zero-order valence-electron chi connectivity index (χ0n) is 17.0. The maximum atomic E-state index is 12.5. The summed E-state index contributed by atoms with van der Waals surface area (Å²) in [6.45, 7) is 13.3. The molecule has 2 rings (SSSR count). The molecule has 26 heavy (non-hydrogen) atoms. The van der Waals surface area contributed by atoms with Gasteiger partial charge in [0.2, 0.25) is 0 Å². The average molecular weight is 354 g/mol. The molecule has 0 aliphatic rings. The molecule has 0 aromatic heterocycles. The molecule has 140 valence electrons. The van der Waals surface area contributed by atoms with Crippen molar-refractivity contribution in [3.8, 4) is 0 Å². The molecule has 3 N–H and O–H groups in total. The van der Waals surface area contributed by atoms with Gasteiger partial charge in [-0.25, -0.2) is 0 Å². The van der Waals surface area contributed by atoms with Gasteiger partial charge in [-0.2, -0.15) is 0 Å². The first-order valence-electron chi connectivity index (χ1n) is 9.58. The fourth-order valence-corrected chi connectivity index (χ4v) is 3.33. The lowest BCUT2D eigenvalue weighted by atomic mass is 9.93. The second-order valence-corrected chi connectivity index (χ2v) is 7.85. The number of amides is 1. The molecule has 0 radical (unpaired) electrons. The highest BCUT2D eigenvalue weighted by Crippen LogP contribution is 2.21. The van der Waals surface area contributed by atoms with Gasteiger partial charge >= 0.3 is 0 Å². The van der Waals surface area contributed by atoms with E-state index in [2.05, 4.69) is 62.6 Å². The molecular formula is C23H33N2O+. The maximum Gasteiger partial charge on any atom is 0.279 e. The normalized spacial score (nSPS) is 12.5. The number of quaternary nitrogens is 1. The predicted octanol–water partition coefficient (Wildman–Crippen LogP) is 4.33. The minimum absolute atomic E-state index is 0.0480. The van der Waals surface area contributed by atoms with Crippen LogP contribution in [0.2, 0.25) is 0 Å². The highest BCUT2D eigenvalue weighted by molar-refractivity contribution is 5.92. The molecule has 0 fully saturated rings. The smallest absolute Gasteiger partial charge is 0.279 e. The number of rotatable bonds is 7. The summed E-state index contributed by atoms with van der Waals surface area (Å²) in [7, 11) is 0. The number of hydrogen-bond donors (Lipinski definition) is 2. The third-order valence-corrected chi connectivity index (χ3v) is 5.01. The van der Waals surface area contributed by atoms with Crippen LogP contribution in [0.4, 0.5) is 5.69 Å². The summed E-state index contributed by atoms with van der Waals surface area (Å²) in [5.41, 5.74) is 5.77. The van der Waals surface area contributed by atoms with Crippen LogP contribution in [0, 0.1) is 19.8 Å². The fourth-order valence-electron chi connectivity index (χ4n) is 3.33. The Bertz CT molecular complexity index is 712. The lowest BCUT2D eigenvalue weighted by molar-refractivity contribution is -0.692. The van der Waals surface area contributed by atoms with Gasteiger partial charge in [0, 0.05) is 17.2 Å². The van der Waals surface area contributed by atoms with E-state index in [4.69, 9.17) is 0 Å². The van der Waals surface area contributed by atoms with Gasteiger partial charge < -0.3 is 10.6 Å². The van der Waals surface area contributed by atoms with Crippen molar-refractivity contribution in [1.29, 1.82) is 0 Å². The molecule has 0 aliphatic heterocycles. The first-order valence-corrected chi connectivity index (χ1v) is 9.58. The summed E-state index contributed by atoms with van der Waals surface area (Å²) < 4.78 is 0. The quantitative estimate of drug-likeness (QED) is 0.765. The molecule has 0 bridgehead atoms. The van der Waals surface area contributed by atoms with Gasteiger partial charge in [0.25, 0.3) is 5.91 Å². The van der Waals surface area contributed by atoms with Gasteiger partial charge in [0.1, 0.15) is 6.04 Å². The van der Waals surface area contributed by atoms with Crippen LogP contribution in [0.25, 0.3) is 0 Å². The highest BCUT2D eigenvalue weighted by atomic mass is 16.1. The number of nitrogens with two attached hydrogens (primary N) is 1. The van der Waals surface area contributed by atoms with Gasteiger partial charge in [0.05, 0.1) is 0 Å². The van der Waals surface area contributed by atoms with E-state index in [9.17, 15) is 4.79 Å². The van der Waals surface area contributed by atoms with Crippen LogP contribution in [0.15, 0.2) is 42.5 Å². The second kappa shape index (κ2) is 9.00. The van der Waals surface area contributed by atoms with E-state index in [-0.39, 0.29) is 11.9 Å². The molecule has 3 heteroatoms. The molecule has 0 saturated heterocycles. The molecule has 1 atom stereocenters. The lowest BCUT2D eigenvalue weighted by Gasteiger charge is -2.20. The van der Waals surface area contributed by atoms with Gasteiger partial charge in [-0.1, -0.05) is 70.2 Å². The van der Waals surface area contributed by atoms with Gasteiger partial charge in [-0.05, 0) is 36.5 Å². The van der Waals surface area contributed by atoms with Crippen molar-refractivity contribution in [3.05, 3.63) is 64.7 Å². The summed E-state index contributed by atoms with van der Waals surface area (Å²) >= 11 is 0. The Hall–Kier alpha value is -2.13. The largest absolute Gasteiger partial charge is 0.332 e. The molecule has 3 nitrogen and oxygen atoms in total. The zero-order valence-corrected chi connectivity index (χ0v) is 17.0. The minimum atomic E-state index is 0.0480. The first kappa shape index (κ1) is 20.2. The SMILES string of the molecule is Cc1cccc(C)c1NC(=O)C[NH2+][C@@H](c1ccc(C(C)C)cc1)C(C)C. The van der Waals surface area contributed by atoms with E-state index in [1.165, 1.54) is 11.1 Å². The number of carbonyl (C=O) groups excluding carboxylic acids is 1. The minimum Gasteiger partial charge on any atom is -0.332 e. The summed E-state index contributed by atoms with van der Waals surface area (Å²) in [6.07, 6.45) is 0. The van der Waals surface area contributed by atoms with E-state index < -0.39 is 0 Å². The van der Waals surface area contributed by atoms with Crippen LogP contribution in [0.5, 0.6) is 0 Å². The second-order valence-electron chi connectivity index (χ2n) is 7.85. The average Bonchev–Trinajstić information content (AvgIpc) is 2.58. The number of benzene rings is 2. The lowest BCUT2D eigenvalue weighted by Crippen LogP contribution is -2.88. The Labute approximate surface area is 158 Å². The van der Waals surface area contributed by atoms with Crippen molar-refractivity contribution >= 4 is 11.6 Å². The zero-order chi connectivity index (χ0) is 19.3. The molecule has 2 aromatic carbocycles. The van der Waals surface area contributed by atoms with Crippen molar-refractivity contribution in [2.45, 2.75) is 53.5 Å². The Morgan fingerprint density at radius 1 is 0.923 bits per heavy atom. The van der Waals surface area contributed by atoms with E-state index in [0.717, 1.165) is 16.8 Å². The highest BCUT2D eigenvalue weighted by Gasteiger charge is 2.21. The topological polar surface area (TPSA) is 45.7 Å². The third kappa shape index (κ3) is 5.18. The predicted molar refractivity (Wildman–Crippen MR) is 109 cm³/mol. The molecule has 1 amide bonds. The number of anilines is 1. The molecule has 0 aliphatic carbocycles. The summed E-state index contributed by atoms with van der Waals surface area (Å²) in [4.78, 5) is 12.5. The molecule has 0 spiro atoms. The van der Waals surface area contributed by atoms with E-state index in [0.29, 0.717) is 18.4 Å². The van der Waals surface area contributed by atoms with Crippen LogP contribution < -0.4 is 10.6 Å². The van der Waals surface area contributed by atoms with Gasteiger partial charge in [0.15, 0.2) is 6.54 Å². The van der Waals surface area contributed by atoms with Crippen molar-refractivity contribution in [3.63, 3.8) is 0 Å². The maximum absolute atomic E-state index is 12.5. The molecule has 0 heterocycles. The summed E-state index contributed by atoms with van der Waals surface area (Å²) in [5.74, 6) is 1.04. The standard InChI is InChI=1S/C23H32N2O/c1-15(2)19-10-12-20(13-11-19)22(16(3)4)24-14-21(26)25-23-17(5)8-7-9-18(23)6/h7-13,15-16,22,24H,14H2,1-6H3,(H,25,26)/p+1/t22-/m1/s1. The molecule has 0 unspecified atom stereocenters. The Kier molecular flexibility index (Phi) is 6.98. The Morgan fingerprint density at radius 3 is 1.96 bits per heavy atom. The summed E-state index contributed by atoms with van der Waals surface area (Å²) in [6, 6.07) is 15.2. The Balaban J connectivity index is 2.03. The molecule has 0 saturated carbocycles. The van der Waals surface area contributed by atoms with E-state index in [1.807, 2.05) is 32.0 Å². The third-order valence-electron chi connectivity index (χ3n) is 5.01. The van der Waals surface area contributed by atoms with E-state index >= 15 is 0 Å².